The Morgan fingerprint density at radius 1 is 0.857 bits per heavy atom. The summed E-state index contributed by atoms with van der Waals surface area (Å²) >= 11 is 0. The van der Waals surface area contributed by atoms with Crippen molar-refractivity contribution in [3.05, 3.63) is 71.8 Å². The molecule has 0 aliphatic heterocycles. The van der Waals surface area contributed by atoms with Crippen LogP contribution in [0.2, 0.25) is 0 Å². The molecule has 0 aromatic heterocycles. The first-order valence-electron chi connectivity index (χ1n) is 7.77. The van der Waals surface area contributed by atoms with Gasteiger partial charge >= 0.3 is 0 Å². The van der Waals surface area contributed by atoms with Gasteiger partial charge in [-0.15, -0.1) is 0 Å². The van der Waals surface area contributed by atoms with Crippen molar-refractivity contribution in [1.82, 2.24) is 4.90 Å². The van der Waals surface area contributed by atoms with Crippen molar-refractivity contribution in [1.29, 1.82) is 0 Å². The summed E-state index contributed by atoms with van der Waals surface area (Å²) in [6.45, 7) is 1.81. The first-order chi connectivity index (χ1) is 10.3. The average Bonchev–Trinajstić information content (AvgIpc) is 2.54. The van der Waals surface area contributed by atoms with Crippen molar-refractivity contribution in [2.45, 2.75) is 25.3 Å². The van der Waals surface area contributed by atoms with Crippen LogP contribution in [0.25, 0.3) is 0 Å². The SMILES string of the molecule is CN(CCCN)C(Cc1ccccc1)Cc1ccccc1. The molecule has 0 aliphatic carbocycles. The van der Waals surface area contributed by atoms with E-state index in [0.717, 1.165) is 32.4 Å². The van der Waals surface area contributed by atoms with Crippen LogP contribution in [-0.4, -0.2) is 31.1 Å². The Morgan fingerprint density at radius 2 is 1.33 bits per heavy atom. The van der Waals surface area contributed by atoms with Crippen LogP contribution in [0.15, 0.2) is 60.7 Å². The Morgan fingerprint density at radius 3 is 1.76 bits per heavy atom. The van der Waals surface area contributed by atoms with Crippen LogP contribution in [-0.2, 0) is 12.8 Å². The lowest BCUT2D eigenvalue weighted by Crippen LogP contribution is -2.36. The molecule has 0 radical (unpaired) electrons. The van der Waals surface area contributed by atoms with E-state index in [0.29, 0.717) is 6.04 Å². The van der Waals surface area contributed by atoms with Crippen LogP contribution >= 0.6 is 0 Å². The maximum absolute atomic E-state index is 5.66. The van der Waals surface area contributed by atoms with Gasteiger partial charge in [0.1, 0.15) is 0 Å². The second-order valence-electron chi connectivity index (χ2n) is 5.66. The van der Waals surface area contributed by atoms with E-state index in [4.69, 9.17) is 5.73 Å². The Kier molecular flexibility index (Phi) is 6.45. The second-order valence-corrected chi connectivity index (χ2v) is 5.66. The van der Waals surface area contributed by atoms with E-state index in [1.807, 2.05) is 0 Å². The highest BCUT2D eigenvalue weighted by molar-refractivity contribution is 5.19. The molecule has 2 N–H and O–H groups in total. The van der Waals surface area contributed by atoms with Gasteiger partial charge in [-0.05, 0) is 50.5 Å². The number of hydrogen-bond donors (Lipinski definition) is 1. The fourth-order valence-electron chi connectivity index (χ4n) is 2.68. The molecule has 21 heavy (non-hydrogen) atoms. The predicted molar refractivity (Wildman–Crippen MR) is 90.4 cm³/mol. The lowest BCUT2D eigenvalue weighted by molar-refractivity contribution is 0.237. The normalized spacial score (nSPS) is 11.2. The summed E-state index contributed by atoms with van der Waals surface area (Å²) in [4.78, 5) is 2.45. The quantitative estimate of drug-likeness (QED) is 0.806. The summed E-state index contributed by atoms with van der Waals surface area (Å²) in [6.07, 6.45) is 3.21. The summed E-state index contributed by atoms with van der Waals surface area (Å²) in [5.74, 6) is 0. The highest BCUT2D eigenvalue weighted by atomic mass is 15.1. The van der Waals surface area contributed by atoms with E-state index in [2.05, 4.69) is 72.6 Å². The molecular weight excluding hydrogens is 256 g/mol. The molecule has 0 heterocycles. The number of rotatable bonds is 8. The van der Waals surface area contributed by atoms with Gasteiger partial charge in [-0.25, -0.2) is 0 Å². The first-order valence-corrected chi connectivity index (χ1v) is 7.77. The lowest BCUT2D eigenvalue weighted by atomic mass is 9.97. The summed E-state index contributed by atoms with van der Waals surface area (Å²) in [7, 11) is 2.21. The molecule has 2 rings (SSSR count). The minimum atomic E-state index is 0.515. The molecule has 2 heteroatoms. The van der Waals surface area contributed by atoms with Gasteiger partial charge in [0.15, 0.2) is 0 Å². The molecule has 0 unspecified atom stereocenters. The maximum Gasteiger partial charge on any atom is 0.0173 e. The number of nitrogens with zero attached hydrogens (tertiary/aromatic N) is 1. The Bertz CT molecular complexity index is 454. The zero-order valence-electron chi connectivity index (χ0n) is 12.9. The van der Waals surface area contributed by atoms with Gasteiger partial charge < -0.3 is 10.6 Å². The fourth-order valence-corrected chi connectivity index (χ4v) is 2.68. The molecular formula is C19H26N2. The third-order valence-electron chi connectivity index (χ3n) is 3.97. The van der Waals surface area contributed by atoms with Gasteiger partial charge in [-0.2, -0.15) is 0 Å². The van der Waals surface area contributed by atoms with Crippen molar-refractivity contribution in [2.75, 3.05) is 20.1 Å². The van der Waals surface area contributed by atoms with Gasteiger partial charge in [0.05, 0.1) is 0 Å². The molecule has 0 saturated heterocycles. The van der Waals surface area contributed by atoms with Gasteiger partial charge in [0.2, 0.25) is 0 Å². The van der Waals surface area contributed by atoms with Crippen LogP contribution in [0.1, 0.15) is 17.5 Å². The van der Waals surface area contributed by atoms with Crippen LogP contribution in [0.3, 0.4) is 0 Å². The third kappa shape index (κ3) is 5.33. The molecule has 2 nitrogen and oxygen atoms in total. The van der Waals surface area contributed by atoms with Crippen LogP contribution < -0.4 is 5.73 Å². The van der Waals surface area contributed by atoms with E-state index in [9.17, 15) is 0 Å². The first kappa shape index (κ1) is 15.7. The molecule has 112 valence electrons. The summed E-state index contributed by atoms with van der Waals surface area (Å²) < 4.78 is 0. The largest absolute Gasteiger partial charge is 0.330 e. The van der Waals surface area contributed by atoms with Crippen molar-refractivity contribution in [3.8, 4) is 0 Å². The second kappa shape index (κ2) is 8.60. The standard InChI is InChI=1S/C19H26N2/c1-21(14-8-13-20)19(15-17-9-4-2-5-10-17)16-18-11-6-3-7-12-18/h2-7,9-12,19H,8,13-16,20H2,1H3. The van der Waals surface area contributed by atoms with E-state index < -0.39 is 0 Å². The zero-order valence-corrected chi connectivity index (χ0v) is 12.9. The summed E-state index contributed by atoms with van der Waals surface area (Å²) in [5.41, 5.74) is 8.46. The molecule has 0 fully saturated rings. The van der Waals surface area contributed by atoms with Gasteiger partial charge in [-0.1, -0.05) is 60.7 Å². The predicted octanol–water partition coefficient (Wildman–Crippen LogP) is 3.12. The fraction of sp³-hybridized carbons (Fsp3) is 0.368. The maximum atomic E-state index is 5.66. The molecule has 0 saturated carbocycles. The Labute approximate surface area is 128 Å². The average molecular weight is 282 g/mol. The number of nitrogens with two attached hydrogens (primary N) is 1. The van der Waals surface area contributed by atoms with E-state index >= 15 is 0 Å². The number of likely N-dealkylation sites (N-methyl/N-ethyl adjacent to an activating group) is 1. The van der Waals surface area contributed by atoms with Crippen LogP contribution in [0.5, 0.6) is 0 Å². The van der Waals surface area contributed by atoms with Crippen LogP contribution in [0.4, 0.5) is 0 Å². The number of benzene rings is 2. The number of hydrogen-bond acceptors (Lipinski definition) is 2. The highest BCUT2D eigenvalue weighted by Crippen LogP contribution is 2.14. The third-order valence-corrected chi connectivity index (χ3v) is 3.97. The zero-order chi connectivity index (χ0) is 14.9. The lowest BCUT2D eigenvalue weighted by Gasteiger charge is -2.28. The van der Waals surface area contributed by atoms with Crippen LogP contribution in [0, 0.1) is 0 Å². The molecule has 0 atom stereocenters. The Hall–Kier alpha value is -1.64. The molecule has 0 bridgehead atoms. The van der Waals surface area contributed by atoms with Gasteiger partial charge in [-0.3, -0.25) is 0 Å². The molecule has 0 amide bonds. The van der Waals surface area contributed by atoms with Crippen molar-refractivity contribution >= 4 is 0 Å². The Balaban J connectivity index is 2.06. The van der Waals surface area contributed by atoms with Gasteiger partial charge in [0.25, 0.3) is 0 Å². The van der Waals surface area contributed by atoms with E-state index in [1.165, 1.54) is 11.1 Å². The monoisotopic (exact) mass is 282 g/mol. The van der Waals surface area contributed by atoms with E-state index in [1.54, 1.807) is 0 Å². The molecule has 2 aromatic rings. The highest BCUT2D eigenvalue weighted by Gasteiger charge is 2.15. The van der Waals surface area contributed by atoms with Crippen molar-refractivity contribution in [2.24, 2.45) is 5.73 Å². The van der Waals surface area contributed by atoms with Gasteiger partial charge in [0, 0.05) is 6.04 Å². The molecule has 2 aromatic carbocycles. The molecule has 0 spiro atoms. The topological polar surface area (TPSA) is 29.3 Å². The van der Waals surface area contributed by atoms with Crippen molar-refractivity contribution < 1.29 is 0 Å². The van der Waals surface area contributed by atoms with E-state index in [-0.39, 0.29) is 0 Å². The smallest absolute Gasteiger partial charge is 0.0173 e. The minimum Gasteiger partial charge on any atom is -0.330 e. The van der Waals surface area contributed by atoms with Crippen molar-refractivity contribution in [3.63, 3.8) is 0 Å². The summed E-state index contributed by atoms with van der Waals surface area (Å²) in [5, 5.41) is 0. The minimum absolute atomic E-state index is 0.515. The summed E-state index contributed by atoms with van der Waals surface area (Å²) in [6, 6.07) is 22.0. The molecule has 0 aliphatic rings.